The predicted molar refractivity (Wildman–Crippen MR) is 125 cm³/mol. The summed E-state index contributed by atoms with van der Waals surface area (Å²) in [7, 11) is 1.55. The summed E-state index contributed by atoms with van der Waals surface area (Å²) in [6.45, 7) is 5.92. The van der Waals surface area contributed by atoms with Gasteiger partial charge in [0.15, 0.2) is 0 Å². The number of ether oxygens (including phenoxy) is 1. The third-order valence-corrected chi connectivity index (χ3v) is 6.78. The van der Waals surface area contributed by atoms with Crippen LogP contribution in [0.5, 0.6) is 5.75 Å². The number of likely N-dealkylation sites (tertiary alicyclic amines) is 1. The van der Waals surface area contributed by atoms with Gasteiger partial charge in [0.1, 0.15) is 11.5 Å². The van der Waals surface area contributed by atoms with E-state index in [0.717, 1.165) is 48.8 Å². The normalized spacial score (nSPS) is 20.9. The zero-order chi connectivity index (χ0) is 23.0. The molecule has 2 aliphatic rings. The summed E-state index contributed by atoms with van der Waals surface area (Å²) < 4.78 is 5.57. The number of aryl methyl sites for hydroxylation is 3. The van der Waals surface area contributed by atoms with Crippen molar-refractivity contribution in [2.75, 3.05) is 7.11 Å². The van der Waals surface area contributed by atoms with Crippen molar-refractivity contribution in [3.05, 3.63) is 69.8 Å². The van der Waals surface area contributed by atoms with E-state index in [1.54, 1.807) is 18.1 Å². The van der Waals surface area contributed by atoms with E-state index in [1.807, 2.05) is 44.2 Å². The molecule has 5 heteroatoms. The van der Waals surface area contributed by atoms with Crippen LogP contribution in [0.2, 0.25) is 0 Å². The van der Waals surface area contributed by atoms with Crippen molar-refractivity contribution >= 4 is 17.4 Å². The molecule has 1 aliphatic carbocycles. The highest BCUT2D eigenvalue weighted by molar-refractivity contribution is 6.46. The molecule has 0 spiro atoms. The third-order valence-electron chi connectivity index (χ3n) is 6.78. The lowest BCUT2D eigenvalue weighted by Crippen LogP contribution is -2.37. The van der Waals surface area contributed by atoms with Crippen LogP contribution < -0.4 is 4.74 Å². The minimum Gasteiger partial charge on any atom is -0.507 e. The maximum atomic E-state index is 13.3. The molecule has 0 aromatic heterocycles. The maximum Gasteiger partial charge on any atom is 0.295 e. The molecule has 2 fully saturated rings. The van der Waals surface area contributed by atoms with Crippen LogP contribution in [0.25, 0.3) is 5.76 Å². The second-order valence-corrected chi connectivity index (χ2v) is 8.90. The number of carbonyl (C=O) groups excluding carboxylic acids is 2. The molecule has 0 radical (unpaired) electrons. The van der Waals surface area contributed by atoms with Gasteiger partial charge in [-0.15, -0.1) is 0 Å². The quantitative estimate of drug-likeness (QED) is 0.398. The highest BCUT2D eigenvalue weighted by Gasteiger charge is 2.49. The molecular weight excluding hydrogens is 402 g/mol. The Kier molecular flexibility index (Phi) is 6.09. The highest BCUT2D eigenvalue weighted by atomic mass is 16.5. The number of aliphatic hydroxyl groups excluding tert-OH is 1. The molecule has 1 aliphatic heterocycles. The fourth-order valence-corrected chi connectivity index (χ4v) is 5.22. The molecule has 1 heterocycles. The van der Waals surface area contributed by atoms with Crippen molar-refractivity contribution < 1.29 is 19.4 Å². The number of rotatable bonds is 5. The summed E-state index contributed by atoms with van der Waals surface area (Å²) in [4.78, 5) is 28.3. The van der Waals surface area contributed by atoms with Gasteiger partial charge in [0.05, 0.1) is 24.3 Å². The second kappa shape index (κ2) is 8.81. The summed E-state index contributed by atoms with van der Waals surface area (Å²) in [5.41, 5.74) is 4.43. The summed E-state index contributed by atoms with van der Waals surface area (Å²) in [6.07, 6.45) is 4.75. The Morgan fingerprint density at radius 3 is 2.34 bits per heavy atom. The number of aliphatic hydroxyl groups is 1. The molecule has 5 nitrogen and oxygen atoms in total. The van der Waals surface area contributed by atoms with Crippen LogP contribution in [0.1, 0.15) is 66.5 Å². The molecule has 32 heavy (non-hydrogen) atoms. The van der Waals surface area contributed by atoms with E-state index in [0.29, 0.717) is 11.3 Å². The molecule has 4 rings (SSSR count). The Balaban J connectivity index is 1.93. The number of carbonyl (C=O) groups is 2. The summed E-state index contributed by atoms with van der Waals surface area (Å²) in [6, 6.07) is 11.2. The first-order chi connectivity index (χ1) is 15.4. The van der Waals surface area contributed by atoms with Gasteiger partial charge < -0.3 is 14.7 Å². The first-order valence-corrected chi connectivity index (χ1v) is 11.4. The average Bonchev–Trinajstić information content (AvgIpc) is 3.40. The number of hydrogen-bond acceptors (Lipinski definition) is 4. The van der Waals surface area contributed by atoms with Gasteiger partial charge in [0.2, 0.25) is 0 Å². The molecule has 1 amide bonds. The van der Waals surface area contributed by atoms with Crippen LogP contribution in [0.15, 0.2) is 42.0 Å². The van der Waals surface area contributed by atoms with Gasteiger partial charge in [-0.25, -0.2) is 0 Å². The molecule has 1 N–H and O–H groups in total. The Bertz CT molecular complexity index is 1080. The fraction of sp³-hybridized carbons (Fsp3) is 0.407. The van der Waals surface area contributed by atoms with E-state index < -0.39 is 17.7 Å². The van der Waals surface area contributed by atoms with Crippen LogP contribution >= 0.6 is 0 Å². The van der Waals surface area contributed by atoms with Crippen molar-refractivity contribution in [3.8, 4) is 5.75 Å². The third kappa shape index (κ3) is 3.70. The fourth-order valence-electron chi connectivity index (χ4n) is 5.22. The van der Waals surface area contributed by atoms with Crippen LogP contribution in [0.4, 0.5) is 0 Å². The molecule has 1 saturated carbocycles. The molecule has 168 valence electrons. The van der Waals surface area contributed by atoms with E-state index in [-0.39, 0.29) is 17.4 Å². The monoisotopic (exact) mass is 433 g/mol. The van der Waals surface area contributed by atoms with Crippen LogP contribution in [-0.2, 0) is 16.0 Å². The van der Waals surface area contributed by atoms with Crippen molar-refractivity contribution in [2.24, 2.45) is 0 Å². The average molecular weight is 434 g/mol. The molecule has 0 bridgehead atoms. The first-order valence-electron chi connectivity index (χ1n) is 11.4. The number of Topliss-reactive ketones (excluding diaryl/α,β-unsaturated/α-hetero) is 1. The number of ketones is 1. The smallest absolute Gasteiger partial charge is 0.295 e. The van der Waals surface area contributed by atoms with Crippen molar-refractivity contribution in [3.63, 3.8) is 0 Å². The Labute approximate surface area is 189 Å². The van der Waals surface area contributed by atoms with Crippen LogP contribution in [0, 0.1) is 13.8 Å². The molecule has 2 aromatic rings. The van der Waals surface area contributed by atoms with Gasteiger partial charge in [-0.05, 0) is 61.4 Å². The Morgan fingerprint density at radius 2 is 1.75 bits per heavy atom. The number of methoxy groups -OCH3 is 1. The lowest BCUT2D eigenvalue weighted by Gasteiger charge is -2.31. The zero-order valence-corrected chi connectivity index (χ0v) is 19.3. The highest BCUT2D eigenvalue weighted by Crippen LogP contribution is 2.44. The summed E-state index contributed by atoms with van der Waals surface area (Å²) in [5, 5.41) is 11.5. The second-order valence-electron chi connectivity index (χ2n) is 8.90. The van der Waals surface area contributed by atoms with E-state index in [9.17, 15) is 14.7 Å². The SMILES string of the molecule is CCc1ccc(C2/C(=C(\O)c3cc(C)cc(C)c3OC)C(=O)C(=O)N2C2CCCC2)cc1. The molecular formula is C27H31NO4. The minimum absolute atomic E-state index is 0.00810. The van der Waals surface area contributed by atoms with Crippen molar-refractivity contribution in [1.29, 1.82) is 0 Å². The molecule has 1 saturated heterocycles. The van der Waals surface area contributed by atoms with Gasteiger partial charge in [-0.3, -0.25) is 9.59 Å². The van der Waals surface area contributed by atoms with E-state index in [2.05, 4.69) is 6.92 Å². The maximum absolute atomic E-state index is 13.3. The molecule has 2 aromatic carbocycles. The molecule has 1 unspecified atom stereocenters. The van der Waals surface area contributed by atoms with Crippen LogP contribution in [0.3, 0.4) is 0 Å². The Morgan fingerprint density at radius 1 is 1.09 bits per heavy atom. The van der Waals surface area contributed by atoms with Crippen molar-refractivity contribution in [2.45, 2.75) is 65.0 Å². The van der Waals surface area contributed by atoms with Gasteiger partial charge >= 0.3 is 0 Å². The van der Waals surface area contributed by atoms with Gasteiger partial charge in [0.25, 0.3) is 11.7 Å². The van der Waals surface area contributed by atoms with Crippen molar-refractivity contribution in [1.82, 2.24) is 4.90 Å². The minimum atomic E-state index is -0.625. The van der Waals surface area contributed by atoms with Gasteiger partial charge in [0, 0.05) is 6.04 Å². The number of amides is 1. The zero-order valence-electron chi connectivity index (χ0n) is 19.3. The number of hydrogen-bond donors (Lipinski definition) is 1. The van der Waals surface area contributed by atoms with Crippen LogP contribution in [-0.4, -0.2) is 34.8 Å². The van der Waals surface area contributed by atoms with Gasteiger partial charge in [-0.1, -0.05) is 50.1 Å². The van der Waals surface area contributed by atoms with E-state index >= 15 is 0 Å². The van der Waals surface area contributed by atoms with Gasteiger partial charge in [-0.2, -0.15) is 0 Å². The molecule has 1 atom stereocenters. The topological polar surface area (TPSA) is 66.8 Å². The largest absolute Gasteiger partial charge is 0.507 e. The summed E-state index contributed by atoms with van der Waals surface area (Å²) in [5.74, 6) is -0.802. The Hall–Kier alpha value is -3.08. The van der Waals surface area contributed by atoms with E-state index in [4.69, 9.17) is 4.74 Å². The van der Waals surface area contributed by atoms with E-state index in [1.165, 1.54) is 5.56 Å². The summed E-state index contributed by atoms with van der Waals surface area (Å²) >= 11 is 0. The number of benzene rings is 2. The number of nitrogens with zero attached hydrogens (tertiary/aromatic N) is 1. The predicted octanol–water partition coefficient (Wildman–Crippen LogP) is 5.24. The standard InChI is InChI=1S/C27H31NO4/c1-5-18-10-12-19(13-11-18)23-22(25(30)27(31)28(23)20-8-6-7-9-20)24(29)21-15-16(2)14-17(3)26(21)32-4/h10-15,20,23,29H,5-9H2,1-4H3/b24-22+. The lowest BCUT2D eigenvalue weighted by molar-refractivity contribution is -0.141. The lowest BCUT2D eigenvalue weighted by atomic mass is 9.92. The first kappa shape index (κ1) is 22.1.